The number of carbonyl (C=O) groups excluding carboxylic acids is 1. The molecule has 0 aliphatic carbocycles. The van der Waals surface area contributed by atoms with Crippen LogP contribution in [0, 0.1) is 19.8 Å². The summed E-state index contributed by atoms with van der Waals surface area (Å²) in [6.07, 6.45) is 1.28. The molecule has 1 aliphatic heterocycles. The molecule has 1 saturated heterocycles. The SMILES string of the molecule is CCOC(=O)C1CCCN(S(=O)(=O)c2c(C)nn(-c3ccccc3)c2C)C1. The molecule has 1 unspecified atom stereocenters. The van der Waals surface area contributed by atoms with Crippen LogP contribution in [0.25, 0.3) is 5.69 Å². The minimum absolute atomic E-state index is 0.149. The predicted octanol–water partition coefficient (Wildman–Crippen LogP) is 2.45. The first-order chi connectivity index (χ1) is 12.9. The fourth-order valence-corrected chi connectivity index (χ4v) is 5.44. The van der Waals surface area contributed by atoms with Gasteiger partial charge in [0.2, 0.25) is 10.0 Å². The third-order valence-corrected chi connectivity index (χ3v) is 6.95. The summed E-state index contributed by atoms with van der Waals surface area (Å²) >= 11 is 0. The number of para-hydroxylation sites is 1. The molecule has 8 heteroatoms. The number of carbonyl (C=O) groups is 1. The van der Waals surface area contributed by atoms with E-state index in [0.29, 0.717) is 37.4 Å². The monoisotopic (exact) mass is 391 g/mol. The second-order valence-corrected chi connectivity index (χ2v) is 8.58. The van der Waals surface area contributed by atoms with Gasteiger partial charge in [0.1, 0.15) is 4.90 Å². The molecular formula is C19H25N3O4S. The van der Waals surface area contributed by atoms with E-state index >= 15 is 0 Å². The first-order valence-corrected chi connectivity index (χ1v) is 10.6. The number of nitrogens with zero attached hydrogens (tertiary/aromatic N) is 3. The van der Waals surface area contributed by atoms with E-state index in [-0.39, 0.29) is 17.4 Å². The van der Waals surface area contributed by atoms with Crippen LogP contribution in [-0.4, -0.2) is 48.2 Å². The standard InChI is InChI=1S/C19H25N3O4S/c1-4-26-19(23)16-9-8-12-21(13-16)27(24,25)18-14(2)20-22(15(18)3)17-10-6-5-7-11-17/h5-7,10-11,16H,4,8-9,12-13H2,1-3H3. The van der Waals surface area contributed by atoms with Crippen LogP contribution in [0.15, 0.2) is 35.2 Å². The summed E-state index contributed by atoms with van der Waals surface area (Å²) in [5.74, 6) is -0.746. The van der Waals surface area contributed by atoms with Gasteiger partial charge in [0, 0.05) is 13.1 Å². The Bertz CT molecular complexity index is 922. The van der Waals surface area contributed by atoms with Crippen molar-refractivity contribution < 1.29 is 17.9 Å². The Morgan fingerprint density at radius 2 is 1.96 bits per heavy atom. The van der Waals surface area contributed by atoms with E-state index in [9.17, 15) is 13.2 Å². The Hall–Kier alpha value is -2.19. The van der Waals surface area contributed by atoms with Gasteiger partial charge in [0.15, 0.2) is 0 Å². The molecule has 1 aromatic heterocycles. The fourth-order valence-electron chi connectivity index (χ4n) is 3.56. The summed E-state index contributed by atoms with van der Waals surface area (Å²) in [7, 11) is -3.75. The fraction of sp³-hybridized carbons (Fsp3) is 0.474. The summed E-state index contributed by atoms with van der Waals surface area (Å²) in [5.41, 5.74) is 1.83. The maximum Gasteiger partial charge on any atom is 0.310 e. The molecule has 0 amide bonds. The summed E-state index contributed by atoms with van der Waals surface area (Å²) in [6, 6.07) is 9.43. The third kappa shape index (κ3) is 3.77. The van der Waals surface area contributed by atoms with Crippen molar-refractivity contribution in [3.8, 4) is 5.69 Å². The number of sulfonamides is 1. The zero-order valence-electron chi connectivity index (χ0n) is 15.9. The topological polar surface area (TPSA) is 81.5 Å². The van der Waals surface area contributed by atoms with Crippen molar-refractivity contribution in [2.45, 2.75) is 38.5 Å². The number of benzene rings is 1. The van der Waals surface area contributed by atoms with Gasteiger partial charge in [-0.2, -0.15) is 9.40 Å². The highest BCUT2D eigenvalue weighted by Crippen LogP contribution is 2.29. The molecule has 0 saturated carbocycles. The number of aromatic nitrogens is 2. The van der Waals surface area contributed by atoms with Crippen molar-refractivity contribution in [2.24, 2.45) is 5.92 Å². The summed E-state index contributed by atoms with van der Waals surface area (Å²) in [5, 5.41) is 4.44. The molecular weight excluding hydrogens is 366 g/mol. The zero-order chi connectivity index (χ0) is 19.6. The lowest BCUT2D eigenvalue weighted by Crippen LogP contribution is -2.43. The molecule has 2 aromatic rings. The highest BCUT2D eigenvalue weighted by molar-refractivity contribution is 7.89. The van der Waals surface area contributed by atoms with Crippen molar-refractivity contribution in [1.29, 1.82) is 0 Å². The quantitative estimate of drug-likeness (QED) is 0.732. The number of ether oxygens (including phenoxy) is 1. The van der Waals surface area contributed by atoms with E-state index in [1.807, 2.05) is 30.3 Å². The largest absolute Gasteiger partial charge is 0.466 e. The molecule has 0 bridgehead atoms. The van der Waals surface area contributed by atoms with Gasteiger partial charge in [0.25, 0.3) is 0 Å². The molecule has 1 fully saturated rings. The average Bonchev–Trinajstić information content (AvgIpc) is 2.97. The van der Waals surface area contributed by atoms with E-state index in [4.69, 9.17) is 4.74 Å². The Morgan fingerprint density at radius 1 is 1.26 bits per heavy atom. The molecule has 0 N–H and O–H groups in total. The van der Waals surface area contributed by atoms with Gasteiger partial charge in [-0.25, -0.2) is 13.1 Å². The van der Waals surface area contributed by atoms with Crippen molar-refractivity contribution in [1.82, 2.24) is 14.1 Å². The molecule has 0 spiro atoms. The van der Waals surface area contributed by atoms with Crippen molar-refractivity contribution in [3.05, 3.63) is 41.7 Å². The molecule has 27 heavy (non-hydrogen) atoms. The highest BCUT2D eigenvalue weighted by atomic mass is 32.2. The Morgan fingerprint density at radius 3 is 2.63 bits per heavy atom. The Balaban J connectivity index is 1.93. The summed E-state index contributed by atoms with van der Waals surface area (Å²) in [6.45, 7) is 6.05. The lowest BCUT2D eigenvalue weighted by molar-refractivity contribution is -0.149. The van der Waals surface area contributed by atoms with Gasteiger partial charge in [-0.15, -0.1) is 0 Å². The minimum atomic E-state index is -3.75. The van der Waals surface area contributed by atoms with Crippen LogP contribution in [0.4, 0.5) is 0 Å². The molecule has 0 radical (unpaired) electrons. The summed E-state index contributed by atoms with van der Waals surface area (Å²) < 4.78 is 34.8. The summed E-state index contributed by atoms with van der Waals surface area (Å²) in [4.78, 5) is 12.3. The van der Waals surface area contributed by atoms with Gasteiger partial charge in [-0.1, -0.05) is 18.2 Å². The number of hydrogen-bond acceptors (Lipinski definition) is 5. The normalized spacial score (nSPS) is 18.4. The molecule has 1 atom stereocenters. The number of esters is 1. The Kier molecular flexibility index (Phi) is 5.67. The van der Waals surface area contributed by atoms with E-state index in [2.05, 4.69) is 5.10 Å². The average molecular weight is 391 g/mol. The lowest BCUT2D eigenvalue weighted by atomic mass is 10.0. The molecule has 1 aliphatic rings. The number of hydrogen-bond donors (Lipinski definition) is 0. The van der Waals surface area contributed by atoms with Crippen LogP contribution in [0.1, 0.15) is 31.2 Å². The van der Waals surface area contributed by atoms with Crippen molar-refractivity contribution in [2.75, 3.05) is 19.7 Å². The number of rotatable bonds is 5. The molecule has 7 nitrogen and oxygen atoms in total. The van der Waals surface area contributed by atoms with Crippen LogP contribution in [0.5, 0.6) is 0 Å². The van der Waals surface area contributed by atoms with Crippen LogP contribution in [-0.2, 0) is 19.6 Å². The first kappa shape index (κ1) is 19.6. The van der Waals surface area contributed by atoms with Gasteiger partial charge in [-0.05, 0) is 45.7 Å². The second-order valence-electron chi connectivity index (χ2n) is 6.70. The van der Waals surface area contributed by atoms with Crippen molar-refractivity contribution >= 4 is 16.0 Å². The molecule has 2 heterocycles. The second kappa shape index (κ2) is 7.82. The smallest absolute Gasteiger partial charge is 0.310 e. The maximum absolute atomic E-state index is 13.3. The third-order valence-electron chi connectivity index (χ3n) is 4.83. The maximum atomic E-state index is 13.3. The number of aryl methyl sites for hydroxylation is 1. The molecule has 3 rings (SSSR count). The molecule has 1 aromatic carbocycles. The first-order valence-electron chi connectivity index (χ1n) is 9.14. The van der Waals surface area contributed by atoms with Gasteiger partial charge >= 0.3 is 5.97 Å². The number of piperidine rings is 1. The predicted molar refractivity (Wildman–Crippen MR) is 101 cm³/mol. The van der Waals surface area contributed by atoms with Gasteiger partial charge in [0.05, 0.1) is 29.6 Å². The minimum Gasteiger partial charge on any atom is -0.466 e. The van der Waals surface area contributed by atoms with Crippen LogP contribution < -0.4 is 0 Å². The van der Waals surface area contributed by atoms with E-state index in [1.165, 1.54) is 4.31 Å². The van der Waals surface area contributed by atoms with E-state index < -0.39 is 15.9 Å². The lowest BCUT2D eigenvalue weighted by Gasteiger charge is -2.30. The zero-order valence-corrected chi connectivity index (χ0v) is 16.7. The van der Waals surface area contributed by atoms with Crippen LogP contribution in [0.2, 0.25) is 0 Å². The Labute approximate surface area is 160 Å². The van der Waals surface area contributed by atoms with Gasteiger partial charge in [-0.3, -0.25) is 4.79 Å². The highest BCUT2D eigenvalue weighted by Gasteiger charge is 2.37. The van der Waals surface area contributed by atoms with Crippen LogP contribution in [0.3, 0.4) is 0 Å². The van der Waals surface area contributed by atoms with Crippen LogP contribution >= 0.6 is 0 Å². The van der Waals surface area contributed by atoms with E-state index in [1.54, 1.807) is 25.5 Å². The van der Waals surface area contributed by atoms with Gasteiger partial charge < -0.3 is 4.74 Å². The van der Waals surface area contributed by atoms with Crippen molar-refractivity contribution in [3.63, 3.8) is 0 Å². The van der Waals surface area contributed by atoms with E-state index in [0.717, 1.165) is 5.69 Å². The molecule has 146 valence electrons.